The highest BCUT2D eigenvalue weighted by atomic mass is 28.4. The van der Waals surface area contributed by atoms with Gasteiger partial charge in [0.1, 0.15) is 0 Å². The zero-order valence-electron chi connectivity index (χ0n) is 20.4. The van der Waals surface area contributed by atoms with Crippen molar-refractivity contribution in [3.05, 3.63) is 12.2 Å². The molecule has 5 heteroatoms. The molecule has 0 fully saturated rings. The van der Waals surface area contributed by atoms with E-state index in [1.807, 2.05) is 0 Å². The summed E-state index contributed by atoms with van der Waals surface area (Å²) in [6.07, 6.45) is 21.2. The van der Waals surface area contributed by atoms with Gasteiger partial charge >= 0.3 is 8.80 Å². The van der Waals surface area contributed by atoms with Crippen molar-refractivity contribution in [2.75, 3.05) is 21.3 Å². The average molecular weight is 430 g/mol. The van der Waals surface area contributed by atoms with Crippen LogP contribution in [0, 0.1) is 5.92 Å². The molecule has 29 heavy (non-hydrogen) atoms. The Kier molecular flexibility index (Phi) is 17.4. The van der Waals surface area contributed by atoms with Gasteiger partial charge in [0.15, 0.2) is 0 Å². The molecule has 0 saturated carbocycles. The Labute approximate surface area is 183 Å². The lowest BCUT2D eigenvalue weighted by Gasteiger charge is -2.28. The largest absolute Gasteiger partial charge is 0.500 e. The molecule has 0 aromatic rings. The molecule has 0 rings (SSSR count). The fraction of sp³-hybridized carbons (Fsp3) is 0.917. The quantitative estimate of drug-likeness (QED) is 0.130. The van der Waals surface area contributed by atoms with Crippen molar-refractivity contribution in [1.29, 1.82) is 0 Å². The Morgan fingerprint density at radius 1 is 0.793 bits per heavy atom. The van der Waals surface area contributed by atoms with Gasteiger partial charge in [0, 0.05) is 32.9 Å². The molecule has 0 aromatic heterocycles. The predicted octanol–water partition coefficient (Wildman–Crippen LogP) is 6.87. The van der Waals surface area contributed by atoms with Crippen LogP contribution >= 0.6 is 0 Å². The molecular formula is C24H51NO3Si. The highest BCUT2D eigenvalue weighted by Crippen LogP contribution is 2.27. The highest BCUT2D eigenvalue weighted by molar-refractivity contribution is 6.60. The lowest BCUT2D eigenvalue weighted by Crippen LogP contribution is -2.42. The van der Waals surface area contributed by atoms with Crippen LogP contribution in [0.3, 0.4) is 0 Å². The van der Waals surface area contributed by atoms with Gasteiger partial charge in [-0.25, -0.2) is 0 Å². The van der Waals surface area contributed by atoms with Crippen molar-refractivity contribution < 1.29 is 13.3 Å². The number of rotatable bonds is 20. The molecular weight excluding hydrogens is 378 g/mol. The number of hydrogen-bond donors (Lipinski definition) is 1. The van der Waals surface area contributed by atoms with E-state index in [0.29, 0.717) is 5.92 Å². The van der Waals surface area contributed by atoms with E-state index in [0.717, 1.165) is 18.9 Å². The predicted molar refractivity (Wildman–Crippen MR) is 128 cm³/mol. The fourth-order valence-electron chi connectivity index (χ4n) is 4.05. The molecule has 0 aliphatic rings. The van der Waals surface area contributed by atoms with Crippen LogP contribution in [-0.4, -0.2) is 35.7 Å². The first-order chi connectivity index (χ1) is 13.8. The van der Waals surface area contributed by atoms with E-state index in [9.17, 15) is 0 Å². The maximum Gasteiger partial charge on any atom is 0.500 e. The molecule has 174 valence electrons. The van der Waals surface area contributed by atoms with Crippen molar-refractivity contribution in [2.45, 2.75) is 116 Å². The molecule has 0 saturated heterocycles. The monoisotopic (exact) mass is 429 g/mol. The standard InChI is InChI=1S/C24H51NO3Si/c1-7-8-9-10-11-12-13-14-15-16-17-19-23(22-24(2,3)25)20-18-21-29(26-4,27-5)28-6/h12-13,23H,7-11,14-22,25H2,1-6H3. The number of hydrogen-bond acceptors (Lipinski definition) is 4. The summed E-state index contributed by atoms with van der Waals surface area (Å²) in [5.74, 6) is 0.668. The van der Waals surface area contributed by atoms with Gasteiger partial charge in [-0.15, -0.1) is 0 Å². The summed E-state index contributed by atoms with van der Waals surface area (Å²) >= 11 is 0. The van der Waals surface area contributed by atoms with E-state index in [1.54, 1.807) is 21.3 Å². The van der Waals surface area contributed by atoms with Crippen LogP contribution in [0.2, 0.25) is 6.04 Å². The molecule has 0 spiro atoms. The lowest BCUT2D eigenvalue weighted by atomic mass is 9.85. The third kappa shape index (κ3) is 16.2. The summed E-state index contributed by atoms with van der Waals surface area (Å²) < 4.78 is 16.7. The lowest BCUT2D eigenvalue weighted by molar-refractivity contribution is 0.122. The van der Waals surface area contributed by atoms with Gasteiger partial charge in [0.2, 0.25) is 0 Å². The van der Waals surface area contributed by atoms with Crippen LogP contribution < -0.4 is 5.73 Å². The normalized spacial score (nSPS) is 14.0. The Balaban J connectivity index is 4.11. The van der Waals surface area contributed by atoms with E-state index in [1.165, 1.54) is 70.6 Å². The molecule has 0 aliphatic carbocycles. The molecule has 0 aromatic carbocycles. The second-order valence-electron chi connectivity index (χ2n) is 9.21. The molecule has 0 heterocycles. The van der Waals surface area contributed by atoms with Crippen molar-refractivity contribution in [3.8, 4) is 0 Å². The van der Waals surface area contributed by atoms with Crippen LogP contribution in [0.25, 0.3) is 0 Å². The second-order valence-corrected chi connectivity index (χ2v) is 12.3. The zero-order chi connectivity index (χ0) is 22.0. The summed E-state index contributed by atoms with van der Waals surface area (Å²) in [6, 6.07) is 0.876. The van der Waals surface area contributed by atoms with Gasteiger partial charge < -0.3 is 19.0 Å². The van der Waals surface area contributed by atoms with Crippen molar-refractivity contribution in [3.63, 3.8) is 0 Å². The van der Waals surface area contributed by atoms with Crippen LogP contribution in [0.1, 0.15) is 104 Å². The molecule has 1 unspecified atom stereocenters. The maximum atomic E-state index is 6.33. The van der Waals surface area contributed by atoms with Crippen LogP contribution in [-0.2, 0) is 13.3 Å². The van der Waals surface area contributed by atoms with E-state index in [-0.39, 0.29) is 5.54 Å². The van der Waals surface area contributed by atoms with Crippen molar-refractivity contribution in [2.24, 2.45) is 11.7 Å². The van der Waals surface area contributed by atoms with Gasteiger partial charge in [0.05, 0.1) is 0 Å². The zero-order valence-corrected chi connectivity index (χ0v) is 21.4. The minimum Gasteiger partial charge on any atom is -0.377 e. The smallest absolute Gasteiger partial charge is 0.377 e. The van der Waals surface area contributed by atoms with Gasteiger partial charge in [-0.3, -0.25) is 0 Å². The minimum absolute atomic E-state index is 0.108. The number of allylic oxidation sites excluding steroid dienone is 2. The van der Waals surface area contributed by atoms with Gasteiger partial charge in [0.25, 0.3) is 0 Å². The molecule has 0 radical (unpaired) electrons. The van der Waals surface area contributed by atoms with Crippen molar-refractivity contribution >= 4 is 8.80 Å². The second kappa shape index (κ2) is 17.5. The van der Waals surface area contributed by atoms with E-state index in [4.69, 9.17) is 19.0 Å². The summed E-state index contributed by atoms with van der Waals surface area (Å²) in [7, 11) is 2.63. The summed E-state index contributed by atoms with van der Waals surface area (Å²) in [6.45, 7) is 6.55. The molecule has 0 aliphatic heterocycles. The van der Waals surface area contributed by atoms with Crippen LogP contribution in [0.4, 0.5) is 0 Å². The Morgan fingerprint density at radius 3 is 1.79 bits per heavy atom. The van der Waals surface area contributed by atoms with Gasteiger partial charge in [-0.05, 0) is 58.3 Å². The van der Waals surface area contributed by atoms with Crippen LogP contribution in [0.15, 0.2) is 12.2 Å². The summed E-state index contributed by atoms with van der Waals surface area (Å²) in [4.78, 5) is 0. The first kappa shape index (κ1) is 28.8. The fourth-order valence-corrected chi connectivity index (χ4v) is 5.80. The van der Waals surface area contributed by atoms with E-state index >= 15 is 0 Å². The number of nitrogens with two attached hydrogens (primary N) is 1. The van der Waals surface area contributed by atoms with Gasteiger partial charge in [-0.1, -0.05) is 64.0 Å². The summed E-state index contributed by atoms with van der Waals surface area (Å²) in [5, 5.41) is 0. The molecule has 0 amide bonds. The summed E-state index contributed by atoms with van der Waals surface area (Å²) in [5.41, 5.74) is 6.22. The third-order valence-corrected chi connectivity index (χ3v) is 8.55. The highest BCUT2D eigenvalue weighted by Gasteiger charge is 2.37. The third-order valence-electron chi connectivity index (χ3n) is 5.72. The van der Waals surface area contributed by atoms with E-state index in [2.05, 4.69) is 32.9 Å². The molecule has 1 atom stereocenters. The maximum absolute atomic E-state index is 6.33. The van der Waals surface area contributed by atoms with Gasteiger partial charge in [-0.2, -0.15) is 0 Å². The van der Waals surface area contributed by atoms with E-state index < -0.39 is 8.80 Å². The average Bonchev–Trinajstić information content (AvgIpc) is 2.68. The first-order valence-corrected chi connectivity index (χ1v) is 13.8. The molecule has 4 nitrogen and oxygen atoms in total. The molecule has 0 bridgehead atoms. The topological polar surface area (TPSA) is 53.7 Å². The Hall–Kier alpha value is -0.203. The van der Waals surface area contributed by atoms with Crippen molar-refractivity contribution in [1.82, 2.24) is 0 Å². The number of unbranched alkanes of at least 4 members (excludes halogenated alkanes) is 7. The minimum atomic E-state index is -2.45. The Morgan fingerprint density at radius 2 is 1.31 bits per heavy atom. The first-order valence-electron chi connectivity index (χ1n) is 11.9. The Bertz CT molecular complexity index is 384. The molecule has 2 N–H and O–H groups in total. The SMILES string of the molecule is CCCCCCC=CCCCCCC(CCC[Si](OC)(OC)OC)CC(C)(C)N. The van der Waals surface area contributed by atoms with Crippen LogP contribution in [0.5, 0.6) is 0 Å².